The number of amides is 1. The number of hydrogen-bond donors (Lipinski definition) is 1. The molecule has 1 aliphatic rings. The lowest BCUT2D eigenvalue weighted by atomic mass is 10.1. The lowest BCUT2D eigenvalue weighted by molar-refractivity contribution is -0.144. The van der Waals surface area contributed by atoms with E-state index in [0.29, 0.717) is 4.91 Å². The number of thioether (sulfide) groups is 1. The third kappa shape index (κ3) is 2.66. The van der Waals surface area contributed by atoms with E-state index in [1.165, 1.54) is 6.92 Å². The Hall–Kier alpha value is -2.12. The summed E-state index contributed by atoms with van der Waals surface area (Å²) in [5.74, 6) is -1.43. The highest BCUT2D eigenvalue weighted by atomic mass is 32.2. The quantitative estimate of drug-likeness (QED) is 0.684. The highest BCUT2D eigenvalue weighted by Gasteiger charge is 2.38. The Kier molecular flexibility index (Phi) is 3.99. The second-order valence-corrected chi connectivity index (χ2v) is 6.95. The number of carbonyl (C=O) groups is 2. The summed E-state index contributed by atoms with van der Waals surface area (Å²) < 4.78 is 2.26. The van der Waals surface area contributed by atoms with Gasteiger partial charge in [0.1, 0.15) is 10.4 Å². The van der Waals surface area contributed by atoms with Gasteiger partial charge in [-0.15, -0.1) is 0 Å². The van der Waals surface area contributed by atoms with E-state index in [1.54, 1.807) is 6.08 Å². The third-order valence-electron chi connectivity index (χ3n) is 3.78. The normalized spacial score (nSPS) is 18.2. The van der Waals surface area contributed by atoms with Crippen LogP contribution < -0.4 is 0 Å². The number of aryl methyl sites for hydroxylation is 1. The fourth-order valence-electron chi connectivity index (χ4n) is 2.55. The van der Waals surface area contributed by atoms with Crippen LogP contribution in [0.2, 0.25) is 0 Å². The summed E-state index contributed by atoms with van der Waals surface area (Å²) in [7, 11) is 1.94. The number of carboxylic acids is 1. The van der Waals surface area contributed by atoms with Crippen LogP contribution in [0.25, 0.3) is 17.0 Å². The molecule has 0 radical (unpaired) electrons. The van der Waals surface area contributed by atoms with Crippen molar-refractivity contribution < 1.29 is 14.7 Å². The summed E-state index contributed by atoms with van der Waals surface area (Å²) in [6.45, 7) is 1.45. The van der Waals surface area contributed by atoms with Crippen LogP contribution in [-0.4, -0.2) is 36.8 Å². The fraction of sp³-hybridized carbons (Fsp3) is 0.188. The highest BCUT2D eigenvalue weighted by Crippen LogP contribution is 2.35. The summed E-state index contributed by atoms with van der Waals surface area (Å²) in [5.41, 5.74) is 1.97. The van der Waals surface area contributed by atoms with Crippen molar-refractivity contribution in [3.8, 4) is 0 Å². The zero-order valence-electron chi connectivity index (χ0n) is 12.5. The molecule has 0 aliphatic carbocycles. The van der Waals surface area contributed by atoms with Crippen molar-refractivity contribution in [2.24, 2.45) is 7.05 Å². The predicted molar refractivity (Wildman–Crippen MR) is 95.0 cm³/mol. The van der Waals surface area contributed by atoms with E-state index in [0.717, 1.165) is 33.1 Å². The molecule has 3 rings (SSSR count). The molecule has 7 heteroatoms. The molecule has 118 valence electrons. The number of fused-ring (bicyclic) bond motifs is 1. The van der Waals surface area contributed by atoms with Crippen LogP contribution in [0.5, 0.6) is 0 Å². The van der Waals surface area contributed by atoms with Crippen molar-refractivity contribution in [2.75, 3.05) is 0 Å². The number of carbonyl (C=O) groups excluding carboxylic acids is 1. The molecular formula is C16H14N2O3S2. The molecule has 1 aliphatic heterocycles. The maximum atomic E-state index is 12.5. The SMILES string of the molecule is C[C@H](C(=O)O)N1C(=O)/C(=C/c2cn(C)c3ccccc23)SC1=S. The molecule has 1 amide bonds. The van der Waals surface area contributed by atoms with Gasteiger partial charge in [-0.3, -0.25) is 9.69 Å². The number of benzene rings is 1. The zero-order chi connectivity index (χ0) is 16.7. The van der Waals surface area contributed by atoms with Crippen LogP contribution in [0.15, 0.2) is 35.4 Å². The first-order valence-corrected chi connectivity index (χ1v) is 8.16. The van der Waals surface area contributed by atoms with Gasteiger partial charge in [0.25, 0.3) is 5.91 Å². The van der Waals surface area contributed by atoms with Gasteiger partial charge in [0.15, 0.2) is 0 Å². The van der Waals surface area contributed by atoms with E-state index in [1.807, 2.05) is 42.1 Å². The molecule has 5 nitrogen and oxygen atoms in total. The molecule has 23 heavy (non-hydrogen) atoms. The smallest absolute Gasteiger partial charge is 0.326 e. The number of carboxylic acid groups (broad SMARTS) is 1. The standard InChI is InChI=1S/C16H14N2O3S2/c1-9(15(20)21)18-14(19)13(23-16(18)22)7-10-8-17(2)12-6-4-3-5-11(10)12/h3-9H,1-2H3,(H,20,21)/b13-7-/t9-/m1/s1. The Balaban J connectivity index is 2.02. The molecule has 2 aromatic rings. The summed E-state index contributed by atoms with van der Waals surface area (Å²) in [6.07, 6.45) is 3.72. The van der Waals surface area contributed by atoms with Crippen LogP contribution in [-0.2, 0) is 16.6 Å². The Morgan fingerprint density at radius 3 is 2.78 bits per heavy atom. The number of thiocarbonyl (C=S) groups is 1. The molecule has 2 heterocycles. The summed E-state index contributed by atoms with van der Waals surface area (Å²) in [6, 6.07) is 6.92. The highest BCUT2D eigenvalue weighted by molar-refractivity contribution is 8.26. The largest absolute Gasteiger partial charge is 0.480 e. The van der Waals surface area contributed by atoms with Gasteiger partial charge in [-0.1, -0.05) is 42.2 Å². The molecule has 1 aromatic heterocycles. The Morgan fingerprint density at radius 1 is 1.39 bits per heavy atom. The van der Waals surface area contributed by atoms with Crippen molar-refractivity contribution in [3.63, 3.8) is 0 Å². The maximum absolute atomic E-state index is 12.5. The van der Waals surface area contributed by atoms with Gasteiger partial charge < -0.3 is 9.67 Å². The number of aromatic nitrogens is 1. The number of para-hydroxylation sites is 1. The van der Waals surface area contributed by atoms with Gasteiger partial charge >= 0.3 is 5.97 Å². The second kappa shape index (κ2) is 5.82. The molecule has 0 saturated carbocycles. The van der Waals surface area contributed by atoms with Crippen molar-refractivity contribution >= 4 is 57.2 Å². The van der Waals surface area contributed by atoms with Gasteiger partial charge in [0.2, 0.25) is 0 Å². The maximum Gasteiger partial charge on any atom is 0.326 e. The number of rotatable bonds is 3. The van der Waals surface area contributed by atoms with Crippen LogP contribution in [0.4, 0.5) is 0 Å². The molecule has 0 spiro atoms. The minimum Gasteiger partial charge on any atom is -0.480 e. The number of nitrogens with zero attached hydrogens (tertiary/aromatic N) is 2. The Labute approximate surface area is 142 Å². The van der Waals surface area contributed by atoms with Crippen LogP contribution in [0, 0.1) is 0 Å². The predicted octanol–water partition coefficient (Wildman–Crippen LogP) is 2.85. The van der Waals surface area contributed by atoms with Gasteiger partial charge in [-0.2, -0.15) is 0 Å². The molecule has 1 saturated heterocycles. The van der Waals surface area contributed by atoms with Crippen molar-refractivity contribution in [1.82, 2.24) is 9.47 Å². The van der Waals surface area contributed by atoms with E-state index in [9.17, 15) is 9.59 Å². The first-order valence-electron chi connectivity index (χ1n) is 6.94. The lowest BCUT2D eigenvalue weighted by Crippen LogP contribution is -2.41. The van der Waals surface area contributed by atoms with Gasteiger partial charge in [0.05, 0.1) is 4.91 Å². The molecule has 1 atom stereocenters. The van der Waals surface area contributed by atoms with E-state index < -0.39 is 12.0 Å². The van der Waals surface area contributed by atoms with E-state index in [2.05, 4.69) is 0 Å². The van der Waals surface area contributed by atoms with E-state index >= 15 is 0 Å². The zero-order valence-corrected chi connectivity index (χ0v) is 14.1. The molecule has 1 fully saturated rings. The van der Waals surface area contributed by atoms with E-state index in [-0.39, 0.29) is 10.2 Å². The van der Waals surface area contributed by atoms with Gasteiger partial charge in [-0.25, -0.2) is 4.79 Å². The number of hydrogen-bond acceptors (Lipinski definition) is 4. The summed E-state index contributed by atoms with van der Waals surface area (Å²) in [4.78, 5) is 25.2. The van der Waals surface area contributed by atoms with Gasteiger partial charge in [0, 0.05) is 29.7 Å². The van der Waals surface area contributed by atoms with Crippen LogP contribution in [0.1, 0.15) is 12.5 Å². The number of aliphatic carboxylic acids is 1. The summed E-state index contributed by atoms with van der Waals surface area (Å²) in [5, 5.41) is 10.1. The lowest BCUT2D eigenvalue weighted by Gasteiger charge is -2.18. The van der Waals surface area contributed by atoms with Crippen LogP contribution in [0.3, 0.4) is 0 Å². The second-order valence-electron chi connectivity index (χ2n) is 5.28. The van der Waals surface area contributed by atoms with Crippen LogP contribution >= 0.6 is 24.0 Å². The van der Waals surface area contributed by atoms with Crippen molar-refractivity contribution in [1.29, 1.82) is 0 Å². The minimum atomic E-state index is -1.08. The molecule has 0 bridgehead atoms. The van der Waals surface area contributed by atoms with Gasteiger partial charge in [-0.05, 0) is 19.1 Å². The van der Waals surface area contributed by atoms with E-state index in [4.69, 9.17) is 17.3 Å². The molecule has 1 aromatic carbocycles. The monoisotopic (exact) mass is 346 g/mol. The minimum absolute atomic E-state index is 0.274. The molecule has 1 N–H and O–H groups in total. The van der Waals surface area contributed by atoms with Crippen molar-refractivity contribution in [3.05, 3.63) is 40.9 Å². The topological polar surface area (TPSA) is 62.5 Å². The average Bonchev–Trinajstić information content (AvgIpc) is 2.97. The van der Waals surface area contributed by atoms with Crippen molar-refractivity contribution in [2.45, 2.75) is 13.0 Å². The molecular weight excluding hydrogens is 332 g/mol. The summed E-state index contributed by atoms with van der Waals surface area (Å²) >= 11 is 6.30. The first-order chi connectivity index (χ1) is 10.9. The molecule has 0 unspecified atom stereocenters. The fourth-order valence-corrected chi connectivity index (χ4v) is 3.96. The first kappa shape index (κ1) is 15.8. The Bertz CT molecular complexity index is 869. The third-order valence-corrected chi connectivity index (χ3v) is 5.11. The average molecular weight is 346 g/mol. The Morgan fingerprint density at radius 2 is 2.09 bits per heavy atom.